The molecule has 1 aromatic carbocycles. The Balaban J connectivity index is 2.31. The summed E-state index contributed by atoms with van der Waals surface area (Å²) in [5.74, 6) is 0.931. The lowest BCUT2D eigenvalue weighted by Crippen LogP contribution is -2.10. The number of hydrogen-bond acceptors (Lipinski definition) is 2. The molecule has 0 radical (unpaired) electrons. The van der Waals surface area contributed by atoms with Crippen LogP contribution in [-0.4, -0.2) is 17.8 Å². The van der Waals surface area contributed by atoms with Crippen LogP contribution in [0.5, 0.6) is 5.75 Å². The van der Waals surface area contributed by atoms with Gasteiger partial charge in [-0.25, -0.2) is 0 Å². The molecular formula is C16H26O2. The Morgan fingerprint density at radius 1 is 1.11 bits per heavy atom. The first-order valence-corrected chi connectivity index (χ1v) is 6.81. The third kappa shape index (κ3) is 5.54. The number of hydrogen-bond donors (Lipinski definition) is 1. The lowest BCUT2D eigenvalue weighted by Gasteiger charge is -2.19. The van der Waals surface area contributed by atoms with Gasteiger partial charge in [0.05, 0.1) is 12.7 Å². The Bertz CT molecular complexity index is 333. The fourth-order valence-electron chi connectivity index (χ4n) is 1.78. The summed E-state index contributed by atoms with van der Waals surface area (Å²) in [6, 6.07) is 8.33. The van der Waals surface area contributed by atoms with E-state index in [2.05, 4.69) is 32.9 Å². The molecule has 0 saturated heterocycles. The van der Waals surface area contributed by atoms with Crippen molar-refractivity contribution in [1.82, 2.24) is 0 Å². The highest BCUT2D eigenvalue weighted by molar-refractivity contribution is 5.31. The van der Waals surface area contributed by atoms with E-state index in [1.807, 2.05) is 19.1 Å². The van der Waals surface area contributed by atoms with Gasteiger partial charge >= 0.3 is 0 Å². The average molecular weight is 250 g/mol. The van der Waals surface area contributed by atoms with Crippen molar-refractivity contribution in [3.63, 3.8) is 0 Å². The maximum Gasteiger partial charge on any atom is 0.119 e. The molecule has 0 heterocycles. The van der Waals surface area contributed by atoms with Crippen LogP contribution >= 0.6 is 0 Å². The molecule has 0 saturated carbocycles. The van der Waals surface area contributed by atoms with Gasteiger partial charge in [-0.3, -0.25) is 0 Å². The minimum atomic E-state index is -0.198. The number of aliphatic hydroxyl groups excluding tert-OH is 1. The maximum absolute atomic E-state index is 9.13. The number of ether oxygens (including phenoxy) is 1. The van der Waals surface area contributed by atoms with Crippen LogP contribution in [0.3, 0.4) is 0 Å². The van der Waals surface area contributed by atoms with Crippen LogP contribution in [0.4, 0.5) is 0 Å². The first-order chi connectivity index (χ1) is 8.39. The molecule has 0 aliphatic heterocycles. The van der Waals surface area contributed by atoms with E-state index in [1.165, 1.54) is 5.56 Å². The third-order valence-electron chi connectivity index (χ3n) is 3.01. The van der Waals surface area contributed by atoms with Gasteiger partial charge < -0.3 is 9.84 Å². The third-order valence-corrected chi connectivity index (χ3v) is 3.01. The summed E-state index contributed by atoms with van der Waals surface area (Å²) in [4.78, 5) is 0. The van der Waals surface area contributed by atoms with Gasteiger partial charge in [-0.1, -0.05) is 32.9 Å². The zero-order chi connectivity index (χ0) is 13.6. The van der Waals surface area contributed by atoms with Crippen LogP contribution in [0.1, 0.15) is 52.5 Å². The first kappa shape index (κ1) is 15.0. The monoisotopic (exact) mass is 250 g/mol. The van der Waals surface area contributed by atoms with E-state index in [0.29, 0.717) is 0 Å². The molecule has 0 amide bonds. The SMILES string of the molecule is C[C@H](O)CCCCOc1ccc(C(C)(C)C)cc1. The second-order valence-corrected chi connectivity index (χ2v) is 5.97. The fourth-order valence-corrected chi connectivity index (χ4v) is 1.78. The van der Waals surface area contributed by atoms with E-state index in [1.54, 1.807) is 0 Å². The molecule has 0 aliphatic rings. The molecule has 0 aliphatic carbocycles. The predicted molar refractivity (Wildman–Crippen MR) is 76.2 cm³/mol. The molecule has 0 bridgehead atoms. The van der Waals surface area contributed by atoms with Gasteiger partial charge in [0.2, 0.25) is 0 Å². The van der Waals surface area contributed by atoms with E-state index in [-0.39, 0.29) is 11.5 Å². The first-order valence-electron chi connectivity index (χ1n) is 6.81. The van der Waals surface area contributed by atoms with Crippen molar-refractivity contribution in [3.05, 3.63) is 29.8 Å². The highest BCUT2D eigenvalue weighted by Crippen LogP contribution is 2.24. The zero-order valence-corrected chi connectivity index (χ0v) is 12.1. The lowest BCUT2D eigenvalue weighted by atomic mass is 9.87. The molecule has 1 aromatic rings. The average Bonchev–Trinajstić information content (AvgIpc) is 2.27. The number of unbranched alkanes of at least 4 members (excludes halogenated alkanes) is 1. The Morgan fingerprint density at radius 2 is 1.72 bits per heavy atom. The van der Waals surface area contributed by atoms with Crippen LogP contribution in [0.15, 0.2) is 24.3 Å². The van der Waals surface area contributed by atoms with E-state index in [4.69, 9.17) is 9.84 Å². The molecule has 0 spiro atoms. The lowest BCUT2D eigenvalue weighted by molar-refractivity contribution is 0.177. The molecule has 18 heavy (non-hydrogen) atoms. The van der Waals surface area contributed by atoms with Crippen molar-refractivity contribution < 1.29 is 9.84 Å². The number of aliphatic hydroxyl groups is 1. The quantitative estimate of drug-likeness (QED) is 0.776. The molecule has 2 heteroatoms. The van der Waals surface area contributed by atoms with Crippen molar-refractivity contribution in [2.24, 2.45) is 0 Å². The molecule has 0 unspecified atom stereocenters. The standard InChI is InChI=1S/C16H26O2/c1-13(17)7-5-6-12-18-15-10-8-14(9-11-15)16(2,3)4/h8-11,13,17H,5-7,12H2,1-4H3/t13-/m0/s1. The number of benzene rings is 1. The normalized spacial score (nSPS) is 13.4. The second-order valence-electron chi connectivity index (χ2n) is 5.97. The van der Waals surface area contributed by atoms with E-state index in [0.717, 1.165) is 31.6 Å². The van der Waals surface area contributed by atoms with Crippen LogP contribution < -0.4 is 4.74 Å². The van der Waals surface area contributed by atoms with Gasteiger partial charge in [-0.15, -0.1) is 0 Å². The van der Waals surface area contributed by atoms with Crippen LogP contribution in [-0.2, 0) is 5.41 Å². The minimum absolute atomic E-state index is 0.190. The van der Waals surface area contributed by atoms with Crippen molar-refractivity contribution in [2.75, 3.05) is 6.61 Å². The highest BCUT2D eigenvalue weighted by Gasteiger charge is 2.12. The van der Waals surface area contributed by atoms with Gasteiger partial charge in [-0.2, -0.15) is 0 Å². The summed E-state index contributed by atoms with van der Waals surface area (Å²) < 4.78 is 5.67. The Morgan fingerprint density at radius 3 is 2.22 bits per heavy atom. The van der Waals surface area contributed by atoms with Gasteiger partial charge in [0, 0.05) is 0 Å². The highest BCUT2D eigenvalue weighted by atomic mass is 16.5. The molecule has 1 atom stereocenters. The largest absolute Gasteiger partial charge is 0.494 e. The summed E-state index contributed by atoms with van der Waals surface area (Å²) in [7, 11) is 0. The molecule has 1 N–H and O–H groups in total. The molecule has 0 aromatic heterocycles. The summed E-state index contributed by atoms with van der Waals surface area (Å²) in [6.07, 6.45) is 2.66. The summed E-state index contributed by atoms with van der Waals surface area (Å²) in [6.45, 7) is 9.17. The van der Waals surface area contributed by atoms with Gasteiger partial charge in [0.15, 0.2) is 0 Å². The second kappa shape index (κ2) is 6.79. The summed E-state index contributed by atoms with van der Waals surface area (Å²) in [5.41, 5.74) is 1.51. The molecular weight excluding hydrogens is 224 g/mol. The Kier molecular flexibility index (Phi) is 5.67. The molecule has 1 rings (SSSR count). The topological polar surface area (TPSA) is 29.5 Å². The Labute approximate surface area is 111 Å². The van der Waals surface area contributed by atoms with E-state index >= 15 is 0 Å². The van der Waals surface area contributed by atoms with Crippen LogP contribution in [0.2, 0.25) is 0 Å². The molecule has 2 nitrogen and oxygen atoms in total. The van der Waals surface area contributed by atoms with Gasteiger partial charge in [-0.05, 0) is 49.3 Å². The smallest absolute Gasteiger partial charge is 0.119 e. The number of rotatable bonds is 6. The molecule has 102 valence electrons. The fraction of sp³-hybridized carbons (Fsp3) is 0.625. The zero-order valence-electron chi connectivity index (χ0n) is 12.1. The predicted octanol–water partition coefficient (Wildman–Crippen LogP) is 3.91. The van der Waals surface area contributed by atoms with E-state index < -0.39 is 0 Å². The molecule has 0 fully saturated rings. The summed E-state index contributed by atoms with van der Waals surface area (Å²) in [5, 5.41) is 9.13. The van der Waals surface area contributed by atoms with Crippen molar-refractivity contribution in [1.29, 1.82) is 0 Å². The van der Waals surface area contributed by atoms with Gasteiger partial charge in [0.25, 0.3) is 0 Å². The van der Waals surface area contributed by atoms with Crippen molar-refractivity contribution in [3.8, 4) is 5.75 Å². The van der Waals surface area contributed by atoms with Crippen LogP contribution in [0.25, 0.3) is 0 Å². The van der Waals surface area contributed by atoms with Gasteiger partial charge in [0.1, 0.15) is 5.75 Å². The van der Waals surface area contributed by atoms with Crippen molar-refractivity contribution >= 4 is 0 Å². The maximum atomic E-state index is 9.13. The van der Waals surface area contributed by atoms with Crippen molar-refractivity contribution in [2.45, 2.75) is 58.5 Å². The minimum Gasteiger partial charge on any atom is -0.494 e. The Hall–Kier alpha value is -1.02. The van der Waals surface area contributed by atoms with E-state index in [9.17, 15) is 0 Å². The van der Waals surface area contributed by atoms with Crippen LogP contribution in [0, 0.1) is 0 Å². The summed E-state index contributed by atoms with van der Waals surface area (Å²) >= 11 is 0.